The molecule has 0 bridgehead atoms. The van der Waals surface area contributed by atoms with Gasteiger partial charge in [-0.25, -0.2) is 4.98 Å². The molecule has 2 atom stereocenters. The van der Waals surface area contributed by atoms with Gasteiger partial charge in [0.15, 0.2) is 0 Å². The van der Waals surface area contributed by atoms with Crippen LogP contribution in [0.25, 0.3) is 22.4 Å². The van der Waals surface area contributed by atoms with Crippen LogP contribution in [-0.4, -0.2) is 67.1 Å². The number of hydrogen-bond donors (Lipinski definition) is 4. The van der Waals surface area contributed by atoms with E-state index in [2.05, 4.69) is 25.8 Å². The monoisotopic (exact) mass is 897 g/mol. The maximum absolute atomic E-state index is 12.6. The Balaban J connectivity index is 1.93. The van der Waals surface area contributed by atoms with E-state index in [4.69, 9.17) is 4.99 Å². The van der Waals surface area contributed by atoms with Crippen molar-refractivity contribution in [3.63, 3.8) is 0 Å². The first-order valence-corrected chi connectivity index (χ1v) is 25.6. The third kappa shape index (κ3) is 12.5. The molecule has 3 aromatic carbocycles. The van der Waals surface area contributed by atoms with Gasteiger partial charge in [0.2, 0.25) is 0 Å². The molecule has 0 radical (unpaired) electrons. The predicted octanol–water partition coefficient (Wildman–Crippen LogP) is 9.11. The fourth-order valence-corrected chi connectivity index (χ4v) is 9.95. The van der Waals surface area contributed by atoms with Gasteiger partial charge in [-0.1, -0.05) is 110 Å². The van der Waals surface area contributed by atoms with Gasteiger partial charge in [0, 0.05) is 17.8 Å². The van der Waals surface area contributed by atoms with Gasteiger partial charge in [0.05, 0.1) is 21.0 Å². The predicted molar refractivity (Wildman–Crippen MR) is 227 cm³/mol. The summed E-state index contributed by atoms with van der Waals surface area (Å²) in [5, 5.41) is 0. The van der Waals surface area contributed by atoms with Crippen molar-refractivity contribution in [3.05, 3.63) is 59.7 Å². The van der Waals surface area contributed by atoms with Crippen LogP contribution in [0.1, 0.15) is 116 Å². The molecule has 0 aliphatic heterocycles. The van der Waals surface area contributed by atoms with Gasteiger partial charge in [0.25, 0.3) is 40.5 Å². The SMILES string of the molecule is CCCCC(CC)CCCCC(=Nc1c(C)cc(S(=O)(=O)O)cc1S(=O)(=O)O)c1ccc(-c2nc3c(S(=O)(=O)O)cc(S(=O)(=O)O)cc3n2CC(CC)CCCC)cc1. The molecule has 0 saturated heterocycles. The number of fused-ring (bicyclic) bond motifs is 1. The minimum Gasteiger partial charge on any atom is -0.324 e. The van der Waals surface area contributed by atoms with Crippen LogP contribution in [0, 0.1) is 18.8 Å². The maximum Gasteiger partial charge on any atom is 0.296 e. The van der Waals surface area contributed by atoms with Gasteiger partial charge in [0.1, 0.15) is 21.1 Å². The molecular formula is C40H55N3O12S4. The molecule has 15 nitrogen and oxygen atoms in total. The Morgan fingerprint density at radius 1 is 0.661 bits per heavy atom. The molecule has 4 aromatic rings. The number of aryl methyl sites for hydroxylation is 1. The summed E-state index contributed by atoms with van der Waals surface area (Å²) in [6.07, 6.45) is 10.6. The van der Waals surface area contributed by atoms with E-state index in [9.17, 15) is 51.9 Å². The molecule has 1 aromatic heterocycles. The van der Waals surface area contributed by atoms with Crippen molar-refractivity contribution >= 4 is 62.9 Å². The Bertz CT molecular complexity index is 2600. The fraction of sp³-hybridized carbons (Fsp3) is 0.500. The number of unbranched alkanes of at least 4 members (excludes halogenated alkanes) is 3. The molecule has 4 rings (SSSR count). The number of hydrogen-bond acceptors (Lipinski definition) is 10. The van der Waals surface area contributed by atoms with Crippen LogP contribution in [0.2, 0.25) is 0 Å². The van der Waals surface area contributed by atoms with Crippen LogP contribution in [-0.2, 0) is 47.0 Å². The largest absolute Gasteiger partial charge is 0.324 e. The van der Waals surface area contributed by atoms with E-state index >= 15 is 0 Å². The van der Waals surface area contributed by atoms with Crippen molar-refractivity contribution in [2.75, 3.05) is 0 Å². The zero-order chi connectivity index (χ0) is 43.9. The summed E-state index contributed by atoms with van der Waals surface area (Å²) < 4.78 is 140. The first-order chi connectivity index (χ1) is 27.5. The minimum absolute atomic E-state index is 0.0636. The maximum atomic E-state index is 12.6. The molecule has 19 heteroatoms. The first-order valence-electron chi connectivity index (χ1n) is 19.8. The van der Waals surface area contributed by atoms with Crippen LogP contribution in [0.3, 0.4) is 0 Å². The molecule has 0 aliphatic carbocycles. The molecule has 0 spiro atoms. The summed E-state index contributed by atoms with van der Waals surface area (Å²) in [5.74, 6) is 0.856. The topological polar surface area (TPSA) is 248 Å². The van der Waals surface area contributed by atoms with E-state index in [-0.39, 0.29) is 34.0 Å². The molecule has 2 unspecified atom stereocenters. The third-order valence-electron chi connectivity index (χ3n) is 10.7. The quantitative estimate of drug-likeness (QED) is 0.0327. The summed E-state index contributed by atoms with van der Waals surface area (Å²) in [7, 11) is -19.8. The second kappa shape index (κ2) is 19.9. The average Bonchev–Trinajstić information content (AvgIpc) is 3.51. The van der Waals surface area contributed by atoms with Crippen molar-refractivity contribution < 1.29 is 51.9 Å². The number of benzene rings is 3. The van der Waals surface area contributed by atoms with Crippen molar-refractivity contribution in [3.8, 4) is 11.4 Å². The number of aliphatic imine (C=N–C) groups is 1. The Morgan fingerprint density at radius 2 is 1.19 bits per heavy atom. The normalized spacial score (nSPS) is 14.2. The zero-order valence-corrected chi connectivity index (χ0v) is 37.3. The van der Waals surface area contributed by atoms with Gasteiger partial charge in [-0.15, -0.1) is 0 Å². The second-order valence-electron chi connectivity index (χ2n) is 15.0. The van der Waals surface area contributed by atoms with Gasteiger partial charge in [-0.05, 0) is 73.4 Å². The van der Waals surface area contributed by atoms with Crippen LogP contribution in [0.5, 0.6) is 0 Å². The van der Waals surface area contributed by atoms with Crippen LogP contribution in [0.4, 0.5) is 5.69 Å². The molecule has 4 N–H and O–H groups in total. The van der Waals surface area contributed by atoms with Crippen LogP contribution in [0.15, 0.2) is 73.1 Å². The number of aromatic nitrogens is 2. The van der Waals surface area contributed by atoms with E-state index in [1.54, 1.807) is 28.8 Å². The molecule has 0 aliphatic rings. The Labute approximate surface area is 348 Å². The number of imidazole rings is 1. The molecule has 326 valence electrons. The smallest absolute Gasteiger partial charge is 0.296 e. The van der Waals surface area contributed by atoms with Gasteiger partial charge in [-0.2, -0.15) is 33.7 Å². The molecule has 59 heavy (non-hydrogen) atoms. The van der Waals surface area contributed by atoms with Crippen molar-refractivity contribution in [2.24, 2.45) is 16.8 Å². The minimum atomic E-state index is -5.03. The Morgan fingerprint density at radius 3 is 1.71 bits per heavy atom. The van der Waals surface area contributed by atoms with Gasteiger partial charge < -0.3 is 4.57 Å². The second-order valence-corrected chi connectivity index (χ2v) is 20.7. The zero-order valence-electron chi connectivity index (χ0n) is 34.0. The lowest BCUT2D eigenvalue weighted by Crippen LogP contribution is -2.12. The molecule has 1 heterocycles. The average molecular weight is 898 g/mol. The molecular weight excluding hydrogens is 843 g/mol. The highest BCUT2D eigenvalue weighted by molar-refractivity contribution is 7.87. The standard InChI is InChI=1S/C40H55N3O12S4/c1-6-10-14-28(8-3)16-12-13-17-34(41-38-27(5)22-32(56(44,45)46)24-36(38)58(50,51)52)30-18-20-31(21-19-30)40-42-39-35(43(40)26-29(9-4)15-11-7-2)23-33(57(47,48)49)25-37(39)59(53,54)55/h18-25,28-29H,6-17,26H2,1-5H3,(H,44,45,46)(H,47,48,49)(H,50,51,52)(H,53,54,55). The molecule has 0 saturated carbocycles. The Kier molecular flexibility index (Phi) is 16.2. The van der Waals surface area contributed by atoms with E-state index in [0.717, 1.165) is 76.3 Å². The molecule has 0 amide bonds. The summed E-state index contributed by atoms with van der Waals surface area (Å²) >= 11 is 0. The third-order valence-corrected chi connectivity index (χ3v) is 14.1. The summed E-state index contributed by atoms with van der Waals surface area (Å²) in [4.78, 5) is 6.28. The highest BCUT2D eigenvalue weighted by Crippen LogP contribution is 2.36. The fourth-order valence-electron chi connectivity index (χ4n) is 7.28. The van der Waals surface area contributed by atoms with Crippen LogP contribution >= 0.6 is 0 Å². The number of rotatable bonds is 22. The molecule has 0 fully saturated rings. The Hall–Kier alpha value is -3.56. The van der Waals surface area contributed by atoms with Gasteiger partial charge in [-0.3, -0.25) is 23.2 Å². The first kappa shape index (κ1) is 48.1. The summed E-state index contributed by atoms with van der Waals surface area (Å²) in [5.41, 5.74) is 1.14. The summed E-state index contributed by atoms with van der Waals surface area (Å²) in [6, 6.07) is 10.3. The lowest BCUT2D eigenvalue weighted by molar-refractivity contribution is 0.397. The van der Waals surface area contributed by atoms with Crippen molar-refractivity contribution in [2.45, 2.75) is 138 Å². The highest BCUT2D eigenvalue weighted by Gasteiger charge is 2.27. The summed E-state index contributed by atoms with van der Waals surface area (Å²) in [6.45, 7) is 10.1. The van der Waals surface area contributed by atoms with Crippen molar-refractivity contribution in [1.29, 1.82) is 0 Å². The van der Waals surface area contributed by atoms with E-state index in [0.29, 0.717) is 54.3 Å². The van der Waals surface area contributed by atoms with Crippen LogP contribution < -0.4 is 0 Å². The van der Waals surface area contributed by atoms with Crippen molar-refractivity contribution in [1.82, 2.24) is 9.55 Å². The van der Waals surface area contributed by atoms with Gasteiger partial charge >= 0.3 is 0 Å². The lowest BCUT2D eigenvalue weighted by atomic mass is 9.92. The highest BCUT2D eigenvalue weighted by atomic mass is 32.2. The van der Waals surface area contributed by atoms with E-state index in [1.807, 2.05) is 6.92 Å². The van der Waals surface area contributed by atoms with E-state index < -0.39 is 60.1 Å². The number of nitrogens with zero attached hydrogens (tertiary/aromatic N) is 3. The van der Waals surface area contributed by atoms with E-state index in [1.165, 1.54) is 6.92 Å². The lowest BCUT2D eigenvalue weighted by Gasteiger charge is -2.18.